The Labute approximate surface area is 121 Å². The van der Waals surface area contributed by atoms with E-state index in [1.165, 1.54) is 24.9 Å². The summed E-state index contributed by atoms with van der Waals surface area (Å²) in [4.78, 5) is 17.1. The molecule has 1 aromatic carbocycles. The standard InChI is InChI=1S/C17H24N2O/c1-13-10-15-7-3-4-8-16(15)19(13)17(20)11-14-6-5-9-18(2)12-14/h3-4,7-8,13-14H,5-6,9-12H2,1-2H3. The summed E-state index contributed by atoms with van der Waals surface area (Å²) >= 11 is 0. The molecule has 2 atom stereocenters. The van der Waals surface area contributed by atoms with Gasteiger partial charge in [-0.1, -0.05) is 18.2 Å². The Bertz CT molecular complexity index is 500. The fourth-order valence-corrected chi connectivity index (χ4v) is 3.73. The van der Waals surface area contributed by atoms with Crippen molar-refractivity contribution in [1.29, 1.82) is 0 Å². The van der Waals surface area contributed by atoms with Gasteiger partial charge in [0.25, 0.3) is 0 Å². The zero-order valence-electron chi connectivity index (χ0n) is 12.5. The van der Waals surface area contributed by atoms with E-state index in [0.717, 1.165) is 18.7 Å². The SMILES string of the molecule is CC1Cc2ccccc2N1C(=O)CC1CCCN(C)C1. The van der Waals surface area contributed by atoms with E-state index < -0.39 is 0 Å². The maximum atomic E-state index is 12.7. The van der Waals surface area contributed by atoms with Crippen molar-refractivity contribution in [3.8, 4) is 0 Å². The van der Waals surface area contributed by atoms with Crippen LogP contribution in [-0.2, 0) is 11.2 Å². The van der Waals surface area contributed by atoms with Crippen molar-refractivity contribution in [2.24, 2.45) is 5.92 Å². The second-order valence-electron chi connectivity index (χ2n) is 6.42. The fraction of sp³-hybridized carbons (Fsp3) is 0.588. The molecule has 2 aliphatic heterocycles. The largest absolute Gasteiger partial charge is 0.309 e. The molecule has 0 N–H and O–H groups in total. The van der Waals surface area contributed by atoms with E-state index in [-0.39, 0.29) is 0 Å². The van der Waals surface area contributed by atoms with Crippen LogP contribution in [0, 0.1) is 5.92 Å². The number of anilines is 1. The zero-order valence-corrected chi connectivity index (χ0v) is 12.5. The molecule has 0 saturated carbocycles. The van der Waals surface area contributed by atoms with Crippen LogP contribution >= 0.6 is 0 Å². The van der Waals surface area contributed by atoms with Crippen molar-refractivity contribution in [1.82, 2.24) is 4.90 Å². The average molecular weight is 272 g/mol. The highest BCUT2D eigenvalue weighted by Crippen LogP contribution is 2.33. The van der Waals surface area contributed by atoms with Crippen LogP contribution in [-0.4, -0.2) is 37.0 Å². The smallest absolute Gasteiger partial charge is 0.227 e. The lowest BCUT2D eigenvalue weighted by atomic mass is 9.94. The van der Waals surface area contributed by atoms with E-state index in [9.17, 15) is 4.79 Å². The molecule has 2 heterocycles. The summed E-state index contributed by atoms with van der Waals surface area (Å²) in [6, 6.07) is 8.64. The summed E-state index contributed by atoms with van der Waals surface area (Å²) in [7, 11) is 2.16. The first-order chi connectivity index (χ1) is 9.65. The number of hydrogen-bond donors (Lipinski definition) is 0. The van der Waals surface area contributed by atoms with Gasteiger partial charge in [0.05, 0.1) is 0 Å². The van der Waals surface area contributed by atoms with Gasteiger partial charge >= 0.3 is 0 Å². The molecule has 2 unspecified atom stereocenters. The van der Waals surface area contributed by atoms with Crippen molar-refractivity contribution in [3.05, 3.63) is 29.8 Å². The maximum absolute atomic E-state index is 12.7. The molecule has 20 heavy (non-hydrogen) atoms. The molecule has 0 bridgehead atoms. The molecule has 108 valence electrons. The second-order valence-corrected chi connectivity index (χ2v) is 6.42. The number of para-hydroxylation sites is 1. The van der Waals surface area contributed by atoms with Crippen LogP contribution in [0.3, 0.4) is 0 Å². The lowest BCUT2D eigenvalue weighted by molar-refractivity contribution is -0.120. The first-order valence-corrected chi connectivity index (χ1v) is 7.73. The Hall–Kier alpha value is -1.35. The molecule has 0 aromatic heterocycles. The van der Waals surface area contributed by atoms with Crippen LogP contribution in [0.1, 0.15) is 31.7 Å². The topological polar surface area (TPSA) is 23.6 Å². The summed E-state index contributed by atoms with van der Waals surface area (Å²) in [6.45, 7) is 4.40. The highest BCUT2D eigenvalue weighted by atomic mass is 16.2. The van der Waals surface area contributed by atoms with Crippen molar-refractivity contribution in [2.75, 3.05) is 25.0 Å². The molecule has 0 aliphatic carbocycles. The van der Waals surface area contributed by atoms with Gasteiger partial charge in [-0.15, -0.1) is 0 Å². The number of rotatable bonds is 2. The second kappa shape index (κ2) is 5.57. The molecule has 0 spiro atoms. The van der Waals surface area contributed by atoms with E-state index in [2.05, 4.69) is 37.1 Å². The Morgan fingerprint density at radius 1 is 1.35 bits per heavy atom. The first-order valence-electron chi connectivity index (χ1n) is 7.73. The molecule has 3 rings (SSSR count). The molecular formula is C17H24N2O. The number of carbonyl (C=O) groups is 1. The van der Waals surface area contributed by atoms with Gasteiger partial charge in [-0.25, -0.2) is 0 Å². The maximum Gasteiger partial charge on any atom is 0.227 e. The monoisotopic (exact) mass is 272 g/mol. The van der Waals surface area contributed by atoms with Gasteiger partial charge < -0.3 is 9.80 Å². The third-order valence-electron chi connectivity index (χ3n) is 4.66. The predicted octanol–water partition coefficient (Wildman–Crippen LogP) is 2.70. The molecule has 1 aromatic rings. The Morgan fingerprint density at radius 2 is 2.15 bits per heavy atom. The van der Waals surface area contributed by atoms with Gasteiger partial charge in [0.2, 0.25) is 5.91 Å². The summed E-state index contributed by atoms with van der Waals surface area (Å²) in [6.07, 6.45) is 4.11. The van der Waals surface area contributed by atoms with Crippen LogP contribution in [0.5, 0.6) is 0 Å². The summed E-state index contributed by atoms with van der Waals surface area (Å²) in [5.74, 6) is 0.837. The van der Waals surface area contributed by atoms with Gasteiger partial charge in [0.1, 0.15) is 0 Å². The van der Waals surface area contributed by atoms with E-state index in [1.807, 2.05) is 11.0 Å². The third kappa shape index (κ3) is 2.59. The minimum atomic E-state index is 0.307. The summed E-state index contributed by atoms with van der Waals surface area (Å²) in [5.41, 5.74) is 2.45. The lowest BCUT2D eigenvalue weighted by Crippen LogP contribution is -2.39. The average Bonchev–Trinajstić information content (AvgIpc) is 2.74. The van der Waals surface area contributed by atoms with Crippen molar-refractivity contribution < 1.29 is 4.79 Å². The number of benzene rings is 1. The summed E-state index contributed by atoms with van der Waals surface area (Å²) in [5, 5.41) is 0. The minimum Gasteiger partial charge on any atom is -0.309 e. The number of carbonyl (C=O) groups excluding carboxylic acids is 1. The Balaban J connectivity index is 1.71. The van der Waals surface area contributed by atoms with Crippen LogP contribution in [0.15, 0.2) is 24.3 Å². The quantitative estimate of drug-likeness (QED) is 0.826. The number of nitrogens with zero attached hydrogens (tertiary/aromatic N) is 2. The normalized spacial score (nSPS) is 26.6. The number of likely N-dealkylation sites (tertiary alicyclic amines) is 1. The number of piperidine rings is 1. The van der Waals surface area contributed by atoms with E-state index >= 15 is 0 Å². The lowest BCUT2D eigenvalue weighted by Gasteiger charge is -2.31. The highest BCUT2D eigenvalue weighted by molar-refractivity contribution is 5.96. The molecule has 2 aliphatic rings. The summed E-state index contributed by atoms with van der Waals surface area (Å²) < 4.78 is 0. The molecule has 3 heteroatoms. The molecule has 1 amide bonds. The third-order valence-corrected chi connectivity index (χ3v) is 4.66. The van der Waals surface area contributed by atoms with Crippen molar-refractivity contribution >= 4 is 11.6 Å². The molecule has 1 saturated heterocycles. The van der Waals surface area contributed by atoms with E-state index in [4.69, 9.17) is 0 Å². The van der Waals surface area contributed by atoms with Crippen LogP contribution < -0.4 is 4.90 Å². The number of amides is 1. The molecule has 0 radical (unpaired) electrons. The van der Waals surface area contributed by atoms with E-state index in [1.54, 1.807) is 0 Å². The van der Waals surface area contributed by atoms with Gasteiger partial charge in [-0.2, -0.15) is 0 Å². The Morgan fingerprint density at radius 3 is 2.95 bits per heavy atom. The van der Waals surface area contributed by atoms with Crippen molar-refractivity contribution in [3.63, 3.8) is 0 Å². The number of hydrogen-bond acceptors (Lipinski definition) is 2. The van der Waals surface area contributed by atoms with Gasteiger partial charge in [0.15, 0.2) is 0 Å². The molecule has 1 fully saturated rings. The van der Waals surface area contributed by atoms with Crippen LogP contribution in [0.4, 0.5) is 5.69 Å². The predicted molar refractivity (Wildman–Crippen MR) is 81.9 cm³/mol. The van der Waals surface area contributed by atoms with Crippen LogP contribution in [0.2, 0.25) is 0 Å². The van der Waals surface area contributed by atoms with Gasteiger partial charge in [-0.3, -0.25) is 4.79 Å². The number of fused-ring (bicyclic) bond motifs is 1. The van der Waals surface area contributed by atoms with Gasteiger partial charge in [0, 0.05) is 24.7 Å². The Kier molecular flexibility index (Phi) is 3.79. The first kappa shape index (κ1) is 13.6. The van der Waals surface area contributed by atoms with Crippen LogP contribution in [0.25, 0.3) is 0 Å². The fourth-order valence-electron chi connectivity index (χ4n) is 3.73. The highest BCUT2D eigenvalue weighted by Gasteiger charge is 2.32. The molecule has 3 nitrogen and oxygen atoms in total. The molecular weight excluding hydrogens is 248 g/mol. The zero-order chi connectivity index (χ0) is 14.1. The van der Waals surface area contributed by atoms with Gasteiger partial charge in [-0.05, 0) is 57.3 Å². The van der Waals surface area contributed by atoms with E-state index in [0.29, 0.717) is 24.3 Å². The van der Waals surface area contributed by atoms with Crippen molar-refractivity contribution in [2.45, 2.75) is 38.6 Å². The minimum absolute atomic E-state index is 0.307.